The molecule has 0 aliphatic carbocycles. The molecule has 14 aromatic rings. The quantitative estimate of drug-likeness (QED) is 0.166. The van der Waals surface area contributed by atoms with Crippen molar-refractivity contribution in [3.05, 3.63) is 218 Å². The molecule has 0 radical (unpaired) electrons. The lowest BCUT2D eigenvalue weighted by Gasteiger charge is -2.17. The largest absolute Gasteiger partial charge is 0.309 e. The maximum Gasteiger partial charge on any atom is 0.0974 e. The van der Waals surface area contributed by atoms with Crippen molar-refractivity contribution >= 4 is 97.7 Å². The Morgan fingerprint density at radius 1 is 0.266 bits per heavy atom. The van der Waals surface area contributed by atoms with Gasteiger partial charge in [-0.25, -0.2) is 9.97 Å². The van der Waals surface area contributed by atoms with Crippen LogP contribution < -0.4 is 0 Å². The van der Waals surface area contributed by atoms with E-state index in [1.165, 1.54) is 70.3 Å². The number of nitrogens with zero attached hydrogens (tertiary/aromatic N) is 4. The van der Waals surface area contributed by atoms with E-state index in [9.17, 15) is 0 Å². The predicted octanol–water partition coefficient (Wildman–Crippen LogP) is 15.8. The van der Waals surface area contributed by atoms with Crippen molar-refractivity contribution in [1.82, 2.24) is 19.1 Å². The lowest BCUT2D eigenvalue weighted by Crippen LogP contribution is -1.99. The van der Waals surface area contributed by atoms with E-state index in [1.807, 2.05) is 12.1 Å². The minimum absolute atomic E-state index is 0.856. The maximum atomic E-state index is 5.44. The lowest BCUT2D eigenvalue weighted by molar-refractivity contribution is 1.18. The van der Waals surface area contributed by atoms with Crippen molar-refractivity contribution in [2.24, 2.45) is 0 Å². The summed E-state index contributed by atoms with van der Waals surface area (Å²) in [5, 5.41) is 14.5. The van der Waals surface area contributed by atoms with Gasteiger partial charge in [-0.15, -0.1) is 0 Å². The van der Waals surface area contributed by atoms with Crippen LogP contribution in [0.1, 0.15) is 0 Å². The van der Waals surface area contributed by atoms with Gasteiger partial charge in [0.05, 0.1) is 50.2 Å². The molecule has 3 heterocycles. The topological polar surface area (TPSA) is 35.6 Å². The molecule has 0 aliphatic heterocycles. The van der Waals surface area contributed by atoms with E-state index in [-0.39, 0.29) is 0 Å². The Kier molecular flexibility index (Phi) is 7.36. The van der Waals surface area contributed by atoms with E-state index in [2.05, 4.69) is 215 Å². The molecule has 4 nitrogen and oxygen atoms in total. The molecule has 64 heavy (non-hydrogen) atoms. The molecule has 0 saturated carbocycles. The van der Waals surface area contributed by atoms with Crippen LogP contribution in [0.2, 0.25) is 0 Å². The predicted molar refractivity (Wildman–Crippen MR) is 269 cm³/mol. The van der Waals surface area contributed by atoms with Crippen LogP contribution in [0.15, 0.2) is 218 Å². The Balaban J connectivity index is 1.00. The van der Waals surface area contributed by atoms with Gasteiger partial charge in [-0.3, -0.25) is 0 Å². The molecular formula is C60H36N4. The Labute approximate surface area is 367 Å². The highest BCUT2D eigenvalue weighted by Gasteiger charge is 2.21. The lowest BCUT2D eigenvalue weighted by atomic mass is 9.96. The minimum atomic E-state index is 0.856. The average Bonchev–Trinajstić information content (AvgIpc) is 3.86. The number of para-hydroxylation sites is 5. The number of benzene rings is 11. The summed E-state index contributed by atoms with van der Waals surface area (Å²) in [6, 6.07) is 79.3. The van der Waals surface area contributed by atoms with Gasteiger partial charge >= 0.3 is 0 Å². The van der Waals surface area contributed by atoms with E-state index >= 15 is 0 Å². The molecule has 4 heteroatoms. The summed E-state index contributed by atoms with van der Waals surface area (Å²) in [6.45, 7) is 0. The molecule has 11 aromatic carbocycles. The van der Waals surface area contributed by atoms with Crippen molar-refractivity contribution in [2.75, 3.05) is 0 Å². The third-order valence-corrected chi connectivity index (χ3v) is 13.4. The van der Waals surface area contributed by atoms with Crippen molar-refractivity contribution in [3.63, 3.8) is 0 Å². The number of hydrogen-bond acceptors (Lipinski definition) is 2. The van der Waals surface area contributed by atoms with Crippen LogP contribution in [0.25, 0.3) is 132 Å². The summed E-state index contributed by atoms with van der Waals surface area (Å²) in [5.41, 5.74) is 12.5. The van der Waals surface area contributed by atoms with Crippen LogP contribution in [-0.2, 0) is 0 Å². The highest BCUT2D eigenvalue weighted by atomic mass is 15.0. The first-order valence-corrected chi connectivity index (χ1v) is 21.9. The van der Waals surface area contributed by atoms with Crippen LogP contribution in [0.4, 0.5) is 0 Å². The summed E-state index contributed by atoms with van der Waals surface area (Å²) >= 11 is 0. The standard InChI is InChI=1S/C60H36N4/c1-3-15-45-37(13-1)25-26-40-31-41(28-30-46(40)45)59-60(62-53-21-9-8-20-52(53)61-59)43-32-39-14-2-4-16-47(39)57(36-43)64-56-24-12-7-19-50(56)51-34-42-33-44(29-27-38(42)35-58(51)64)63-54-22-10-5-17-48(54)49-18-6-11-23-55(49)63/h1-36H. The third kappa shape index (κ3) is 5.17. The summed E-state index contributed by atoms with van der Waals surface area (Å²) < 4.78 is 4.87. The van der Waals surface area contributed by atoms with E-state index in [1.54, 1.807) is 0 Å². The van der Waals surface area contributed by atoms with Gasteiger partial charge in [0.1, 0.15) is 0 Å². The van der Waals surface area contributed by atoms with Crippen LogP contribution in [-0.4, -0.2) is 19.1 Å². The van der Waals surface area contributed by atoms with E-state index in [0.717, 1.165) is 61.3 Å². The summed E-state index contributed by atoms with van der Waals surface area (Å²) in [7, 11) is 0. The fourth-order valence-electron chi connectivity index (χ4n) is 10.5. The molecule has 0 spiro atoms. The van der Waals surface area contributed by atoms with Gasteiger partial charge < -0.3 is 9.13 Å². The molecule has 0 fully saturated rings. The molecule has 0 saturated heterocycles. The van der Waals surface area contributed by atoms with Crippen molar-refractivity contribution in [2.45, 2.75) is 0 Å². The first kappa shape index (κ1) is 35.0. The van der Waals surface area contributed by atoms with Crippen LogP contribution in [0.5, 0.6) is 0 Å². The van der Waals surface area contributed by atoms with E-state index < -0.39 is 0 Å². The highest BCUT2D eigenvalue weighted by molar-refractivity contribution is 6.16. The molecular weight excluding hydrogens is 777 g/mol. The Bertz CT molecular complexity index is 4210. The fraction of sp³-hybridized carbons (Fsp3) is 0. The second-order valence-corrected chi connectivity index (χ2v) is 17.0. The van der Waals surface area contributed by atoms with Crippen LogP contribution in [0, 0.1) is 0 Å². The molecule has 296 valence electrons. The van der Waals surface area contributed by atoms with Gasteiger partial charge in [0, 0.05) is 43.7 Å². The van der Waals surface area contributed by atoms with Gasteiger partial charge in [0.25, 0.3) is 0 Å². The van der Waals surface area contributed by atoms with Gasteiger partial charge in [-0.05, 0) is 110 Å². The Hall–Kier alpha value is -8.60. The molecule has 3 aromatic heterocycles. The smallest absolute Gasteiger partial charge is 0.0974 e. The van der Waals surface area contributed by atoms with E-state index in [4.69, 9.17) is 9.97 Å². The van der Waals surface area contributed by atoms with Gasteiger partial charge in [0.2, 0.25) is 0 Å². The second-order valence-electron chi connectivity index (χ2n) is 17.0. The molecule has 0 unspecified atom stereocenters. The molecule has 14 rings (SSSR count). The molecule has 0 amide bonds. The van der Waals surface area contributed by atoms with Gasteiger partial charge in [0.15, 0.2) is 0 Å². The number of rotatable bonds is 4. The van der Waals surface area contributed by atoms with Crippen LogP contribution >= 0.6 is 0 Å². The number of aromatic nitrogens is 4. The average molecular weight is 813 g/mol. The molecule has 0 bridgehead atoms. The zero-order valence-electron chi connectivity index (χ0n) is 34.6. The van der Waals surface area contributed by atoms with Gasteiger partial charge in [-0.2, -0.15) is 0 Å². The molecule has 0 atom stereocenters. The maximum absolute atomic E-state index is 5.44. The Morgan fingerprint density at radius 3 is 1.52 bits per heavy atom. The van der Waals surface area contributed by atoms with Crippen LogP contribution in [0.3, 0.4) is 0 Å². The normalized spacial score (nSPS) is 12.1. The Morgan fingerprint density at radius 2 is 0.781 bits per heavy atom. The molecule has 0 aliphatic rings. The van der Waals surface area contributed by atoms with E-state index in [0.29, 0.717) is 0 Å². The summed E-state index contributed by atoms with van der Waals surface area (Å²) in [5.74, 6) is 0. The van der Waals surface area contributed by atoms with Crippen molar-refractivity contribution in [3.8, 4) is 33.9 Å². The second kappa shape index (κ2) is 13.4. The highest BCUT2D eigenvalue weighted by Crippen LogP contribution is 2.42. The number of fused-ring (bicyclic) bond motifs is 12. The van der Waals surface area contributed by atoms with Crippen molar-refractivity contribution < 1.29 is 0 Å². The zero-order chi connectivity index (χ0) is 41.9. The third-order valence-electron chi connectivity index (χ3n) is 13.4. The minimum Gasteiger partial charge on any atom is -0.309 e. The summed E-state index contributed by atoms with van der Waals surface area (Å²) in [6.07, 6.45) is 0. The van der Waals surface area contributed by atoms with Crippen molar-refractivity contribution in [1.29, 1.82) is 0 Å². The number of hydrogen-bond donors (Lipinski definition) is 0. The zero-order valence-corrected chi connectivity index (χ0v) is 34.6. The molecule has 0 N–H and O–H groups in total. The summed E-state index contributed by atoms with van der Waals surface area (Å²) in [4.78, 5) is 10.8. The van der Waals surface area contributed by atoms with Gasteiger partial charge in [-0.1, -0.05) is 146 Å². The SMILES string of the molecule is c1ccc2c(-n3c4ccccc4c4cc5cc(-n6c7ccccc7c7ccccc76)ccc5cc43)cc(-c3nc4ccccc4nc3-c3ccc4c(ccc5ccccc54)c3)cc2c1. The first-order chi connectivity index (χ1) is 31.7. The first-order valence-electron chi connectivity index (χ1n) is 21.9. The fourth-order valence-corrected chi connectivity index (χ4v) is 10.5. The monoisotopic (exact) mass is 812 g/mol.